The predicted molar refractivity (Wildman–Crippen MR) is 131 cm³/mol. The number of fused-ring (bicyclic) bond motifs is 1. The minimum atomic E-state index is -4.23. The maximum atomic E-state index is 14.0. The molecule has 0 atom stereocenters. The number of amides is 1. The SMILES string of the molecule is CCc1ccc(S(=O)(=O)c2cn(CC(=O)Nc3ccc(OC)cc3)c3ccc(F)cc3c2=O)cc1. The third-order valence-electron chi connectivity index (χ3n) is 5.63. The molecule has 3 aromatic carbocycles. The minimum Gasteiger partial charge on any atom is -0.497 e. The van der Waals surface area contributed by atoms with Gasteiger partial charge in [-0.2, -0.15) is 0 Å². The van der Waals surface area contributed by atoms with E-state index >= 15 is 0 Å². The smallest absolute Gasteiger partial charge is 0.244 e. The molecule has 1 heterocycles. The molecule has 0 aliphatic heterocycles. The van der Waals surface area contributed by atoms with Crippen molar-refractivity contribution < 1.29 is 22.3 Å². The van der Waals surface area contributed by atoms with Gasteiger partial charge in [-0.15, -0.1) is 0 Å². The summed E-state index contributed by atoms with van der Waals surface area (Å²) in [6.45, 7) is 1.64. The Balaban J connectivity index is 1.77. The Morgan fingerprint density at radius 2 is 1.71 bits per heavy atom. The summed E-state index contributed by atoms with van der Waals surface area (Å²) >= 11 is 0. The highest BCUT2D eigenvalue weighted by Crippen LogP contribution is 2.23. The summed E-state index contributed by atoms with van der Waals surface area (Å²) in [6.07, 6.45) is 1.87. The molecule has 0 aliphatic carbocycles. The second-order valence-corrected chi connectivity index (χ2v) is 9.81. The Labute approximate surface area is 201 Å². The molecule has 0 aliphatic rings. The average molecular weight is 495 g/mol. The van der Waals surface area contributed by atoms with Crippen molar-refractivity contribution in [2.75, 3.05) is 12.4 Å². The van der Waals surface area contributed by atoms with Crippen molar-refractivity contribution in [2.45, 2.75) is 29.7 Å². The third kappa shape index (κ3) is 4.95. The van der Waals surface area contributed by atoms with Crippen LogP contribution in [0.25, 0.3) is 10.9 Å². The second kappa shape index (κ2) is 9.71. The monoisotopic (exact) mass is 494 g/mol. The maximum absolute atomic E-state index is 14.0. The molecule has 0 fully saturated rings. The quantitative estimate of drug-likeness (QED) is 0.416. The fraction of sp³-hybridized carbons (Fsp3) is 0.154. The van der Waals surface area contributed by atoms with E-state index in [1.54, 1.807) is 36.4 Å². The highest BCUT2D eigenvalue weighted by Gasteiger charge is 2.24. The number of nitrogens with one attached hydrogen (secondary N) is 1. The first kappa shape index (κ1) is 24.2. The lowest BCUT2D eigenvalue weighted by molar-refractivity contribution is -0.116. The van der Waals surface area contributed by atoms with Crippen LogP contribution in [-0.4, -0.2) is 26.0 Å². The van der Waals surface area contributed by atoms with E-state index in [0.717, 1.165) is 30.3 Å². The molecule has 9 heteroatoms. The van der Waals surface area contributed by atoms with Crippen LogP contribution in [0.5, 0.6) is 5.75 Å². The van der Waals surface area contributed by atoms with Gasteiger partial charge < -0.3 is 14.6 Å². The molecule has 180 valence electrons. The number of hydrogen-bond donors (Lipinski definition) is 1. The van der Waals surface area contributed by atoms with Crippen molar-refractivity contribution >= 4 is 32.3 Å². The number of sulfone groups is 1. The van der Waals surface area contributed by atoms with E-state index in [0.29, 0.717) is 11.4 Å². The molecule has 1 N–H and O–H groups in total. The molecular weight excluding hydrogens is 471 g/mol. The zero-order valence-electron chi connectivity index (χ0n) is 19.1. The van der Waals surface area contributed by atoms with Crippen molar-refractivity contribution in [2.24, 2.45) is 0 Å². The summed E-state index contributed by atoms with van der Waals surface area (Å²) in [7, 11) is -2.70. The molecule has 0 spiro atoms. The molecule has 0 saturated carbocycles. The number of benzene rings is 3. The van der Waals surface area contributed by atoms with Gasteiger partial charge in [-0.3, -0.25) is 9.59 Å². The number of nitrogens with zero attached hydrogens (tertiary/aromatic N) is 1. The summed E-state index contributed by atoms with van der Waals surface area (Å²) in [5.74, 6) is -0.524. The molecule has 0 bridgehead atoms. The van der Waals surface area contributed by atoms with E-state index in [9.17, 15) is 22.4 Å². The Morgan fingerprint density at radius 3 is 2.34 bits per heavy atom. The lowest BCUT2D eigenvalue weighted by Gasteiger charge is -2.14. The predicted octanol–water partition coefficient (Wildman–Crippen LogP) is 4.18. The maximum Gasteiger partial charge on any atom is 0.244 e. The standard InChI is InChI=1S/C26H23FN2O5S/c1-3-17-4-11-21(12-5-17)35(32,33)24-15-29(23-13-6-18(27)14-22(23)26(24)31)16-25(30)28-19-7-9-20(34-2)10-8-19/h4-15H,3,16H2,1-2H3,(H,28,30). The van der Waals surface area contributed by atoms with Gasteiger partial charge >= 0.3 is 0 Å². The Kier molecular flexibility index (Phi) is 6.70. The van der Waals surface area contributed by atoms with Gasteiger partial charge in [0.2, 0.25) is 21.2 Å². The number of carbonyl (C=O) groups is 1. The molecule has 4 rings (SSSR count). The zero-order chi connectivity index (χ0) is 25.2. The first-order valence-corrected chi connectivity index (χ1v) is 12.3. The van der Waals surface area contributed by atoms with Crippen LogP contribution in [0, 0.1) is 5.82 Å². The highest BCUT2D eigenvalue weighted by atomic mass is 32.2. The molecule has 0 saturated heterocycles. The van der Waals surface area contributed by atoms with Crippen LogP contribution in [0.3, 0.4) is 0 Å². The first-order chi connectivity index (χ1) is 16.7. The Hall–Kier alpha value is -3.98. The Bertz CT molecular complexity index is 1560. The summed E-state index contributed by atoms with van der Waals surface area (Å²) in [4.78, 5) is 25.3. The van der Waals surface area contributed by atoms with Gasteiger partial charge in [0.1, 0.15) is 23.0 Å². The van der Waals surface area contributed by atoms with E-state index < -0.39 is 31.9 Å². The van der Waals surface area contributed by atoms with E-state index in [-0.39, 0.29) is 22.3 Å². The van der Waals surface area contributed by atoms with Crippen molar-refractivity contribution in [1.29, 1.82) is 0 Å². The zero-order valence-corrected chi connectivity index (χ0v) is 19.9. The topological polar surface area (TPSA) is 94.5 Å². The van der Waals surface area contributed by atoms with Crippen molar-refractivity contribution in [3.63, 3.8) is 0 Å². The molecule has 4 aromatic rings. The molecule has 35 heavy (non-hydrogen) atoms. The summed E-state index contributed by atoms with van der Waals surface area (Å²) < 4.78 is 47.1. The van der Waals surface area contributed by atoms with Gasteiger partial charge in [-0.1, -0.05) is 19.1 Å². The minimum absolute atomic E-state index is 0.0585. The number of rotatable bonds is 7. The van der Waals surface area contributed by atoms with E-state index in [2.05, 4.69) is 5.32 Å². The molecule has 1 aromatic heterocycles. The fourth-order valence-electron chi connectivity index (χ4n) is 3.73. The number of anilines is 1. The molecule has 1 amide bonds. The van der Waals surface area contributed by atoms with E-state index in [4.69, 9.17) is 4.74 Å². The average Bonchev–Trinajstić information content (AvgIpc) is 2.86. The van der Waals surface area contributed by atoms with E-state index in [1.165, 1.54) is 29.9 Å². The Morgan fingerprint density at radius 1 is 1.03 bits per heavy atom. The molecule has 0 radical (unpaired) electrons. The van der Waals surface area contributed by atoms with Crippen LogP contribution in [-0.2, 0) is 27.6 Å². The van der Waals surface area contributed by atoms with Crippen LogP contribution < -0.4 is 15.5 Å². The largest absolute Gasteiger partial charge is 0.497 e. The normalized spacial score (nSPS) is 11.4. The van der Waals surface area contributed by atoms with Crippen LogP contribution in [0.15, 0.2) is 87.5 Å². The number of hydrogen-bond acceptors (Lipinski definition) is 5. The number of pyridine rings is 1. The third-order valence-corrected chi connectivity index (χ3v) is 7.39. The number of aromatic nitrogens is 1. The van der Waals surface area contributed by atoms with Crippen LogP contribution in [0.1, 0.15) is 12.5 Å². The number of carbonyl (C=O) groups excluding carboxylic acids is 1. The summed E-state index contributed by atoms with van der Waals surface area (Å²) in [5.41, 5.74) is 0.862. The number of halogens is 1. The second-order valence-electron chi connectivity index (χ2n) is 7.89. The van der Waals surface area contributed by atoms with Gasteiger partial charge in [-0.05, 0) is 66.6 Å². The van der Waals surface area contributed by atoms with Crippen molar-refractivity contribution in [3.05, 3.63) is 94.5 Å². The number of aryl methyl sites for hydroxylation is 1. The van der Waals surface area contributed by atoms with Gasteiger partial charge in [0, 0.05) is 17.3 Å². The number of methoxy groups -OCH3 is 1. The lowest BCUT2D eigenvalue weighted by Crippen LogP contribution is -2.24. The highest BCUT2D eigenvalue weighted by molar-refractivity contribution is 7.91. The molecule has 7 nitrogen and oxygen atoms in total. The van der Waals surface area contributed by atoms with Gasteiger partial charge in [0.05, 0.1) is 17.5 Å². The summed E-state index contributed by atoms with van der Waals surface area (Å²) in [6, 6.07) is 16.4. The van der Waals surface area contributed by atoms with Gasteiger partial charge in [0.25, 0.3) is 0 Å². The lowest BCUT2D eigenvalue weighted by atomic mass is 10.2. The number of ether oxygens (including phenoxy) is 1. The summed E-state index contributed by atoms with van der Waals surface area (Å²) in [5, 5.41) is 2.59. The fourth-order valence-corrected chi connectivity index (χ4v) is 5.09. The first-order valence-electron chi connectivity index (χ1n) is 10.8. The van der Waals surface area contributed by atoms with Crippen LogP contribution in [0.4, 0.5) is 10.1 Å². The van der Waals surface area contributed by atoms with E-state index in [1.807, 2.05) is 6.92 Å². The molecule has 0 unspecified atom stereocenters. The van der Waals surface area contributed by atoms with Crippen molar-refractivity contribution in [3.8, 4) is 5.75 Å². The van der Waals surface area contributed by atoms with Crippen molar-refractivity contribution in [1.82, 2.24) is 4.57 Å². The van der Waals surface area contributed by atoms with Gasteiger partial charge in [0.15, 0.2) is 0 Å². The molecular formula is C26H23FN2O5S. The van der Waals surface area contributed by atoms with Gasteiger partial charge in [-0.25, -0.2) is 12.8 Å². The van der Waals surface area contributed by atoms with Crippen LogP contribution >= 0.6 is 0 Å². The van der Waals surface area contributed by atoms with Crippen LogP contribution in [0.2, 0.25) is 0 Å².